The summed E-state index contributed by atoms with van der Waals surface area (Å²) >= 11 is 6.19. The van der Waals surface area contributed by atoms with E-state index in [2.05, 4.69) is 0 Å². The van der Waals surface area contributed by atoms with E-state index in [0.717, 1.165) is 11.1 Å². The number of hydrogen-bond acceptors (Lipinski definition) is 4. The van der Waals surface area contributed by atoms with Gasteiger partial charge in [-0.25, -0.2) is 0 Å². The van der Waals surface area contributed by atoms with Crippen LogP contribution in [0.2, 0.25) is 0 Å². The Morgan fingerprint density at radius 1 is 0.926 bits per heavy atom. The van der Waals surface area contributed by atoms with Crippen LogP contribution >= 0.6 is 11.6 Å². The van der Waals surface area contributed by atoms with Crippen LogP contribution in [0.5, 0.6) is 11.5 Å². The zero-order valence-corrected chi connectivity index (χ0v) is 16.2. The van der Waals surface area contributed by atoms with Gasteiger partial charge in [-0.3, -0.25) is 14.5 Å². The summed E-state index contributed by atoms with van der Waals surface area (Å²) in [6.45, 7) is 2.19. The van der Waals surface area contributed by atoms with Crippen LogP contribution < -0.4 is 9.47 Å². The van der Waals surface area contributed by atoms with Gasteiger partial charge in [-0.05, 0) is 36.6 Å². The molecule has 5 nitrogen and oxygen atoms in total. The van der Waals surface area contributed by atoms with Gasteiger partial charge in [0.25, 0.3) is 11.8 Å². The zero-order chi connectivity index (χ0) is 19.6. The predicted molar refractivity (Wildman–Crippen MR) is 104 cm³/mol. The number of carbonyl (C=O) groups is 2. The maximum atomic E-state index is 12.8. The lowest BCUT2D eigenvalue weighted by Crippen LogP contribution is -2.33. The van der Waals surface area contributed by atoms with Crippen molar-refractivity contribution >= 4 is 29.0 Å². The molecule has 0 fully saturated rings. The standard InChI is InChI=1S/C21H20ClNO4/c1-13-4-7-15(8-5-13)18-19(22)21(25)23(20(18)24)11-10-14-6-9-16(26-2)17(12-14)27-3/h4-9,12H,10-11H2,1-3H3. The number of rotatable bonds is 6. The van der Waals surface area contributed by atoms with E-state index in [9.17, 15) is 9.59 Å². The summed E-state index contributed by atoms with van der Waals surface area (Å²) in [7, 11) is 3.13. The Labute approximate surface area is 163 Å². The minimum absolute atomic E-state index is 0.0313. The SMILES string of the molecule is COc1ccc(CCN2C(=O)C(Cl)=C(c3ccc(C)cc3)C2=O)cc1OC. The first kappa shape index (κ1) is 19.0. The Bertz CT molecular complexity index is 918. The molecule has 0 radical (unpaired) electrons. The fraction of sp³-hybridized carbons (Fsp3) is 0.238. The first-order chi connectivity index (χ1) is 13.0. The lowest BCUT2D eigenvalue weighted by Gasteiger charge is -2.15. The molecule has 0 unspecified atom stereocenters. The van der Waals surface area contributed by atoms with Gasteiger partial charge in [0.1, 0.15) is 5.03 Å². The number of amides is 2. The van der Waals surface area contributed by atoms with Crippen molar-refractivity contribution in [1.82, 2.24) is 4.90 Å². The third kappa shape index (κ3) is 3.69. The summed E-state index contributed by atoms with van der Waals surface area (Å²) in [6, 6.07) is 12.9. The molecule has 1 heterocycles. The number of carbonyl (C=O) groups excluding carboxylic acids is 2. The van der Waals surface area contributed by atoms with Crippen LogP contribution in [0.1, 0.15) is 16.7 Å². The molecule has 0 aromatic heterocycles. The quantitative estimate of drug-likeness (QED) is 0.713. The smallest absolute Gasteiger partial charge is 0.273 e. The molecule has 2 amide bonds. The average molecular weight is 386 g/mol. The average Bonchev–Trinajstić information content (AvgIpc) is 2.89. The monoisotopic (exact) mass is 385 g/mol. The molecule has 1 aliphatic heterocycles. The van der Waals surface area contributed by atoms with Gasteiger partial charge in [-0.15, -0.1) is 0 Å². The van der Waals surface area contributed by atoms with E-state index < -0.39 is 5.91 Å². The van der Waals surface area contributed by atoms with Crippen LogP contribution in [0, 0.1) is 6.92 Å². The van der Waals surface area contributed by atoms with Crippen molar-refractivity contribution in [3.8, 4) is 11.5 Å². The fourth-order valence-electron chi connectivity index (χ4n) is 3.00. The molecule has 27 heavy (non-hydrogen) atoms. The first-order valence-electron chi connectivity index (χ1n) is 8.50. The maximum Gasteiger partial charge on any atom is 0.273 e. The van der Waals surface area contributed by atoms with E-state index in [-0.39, 0.29) is 23.1 Å². The molecule has 0 bridgehead atoms. The molecule has 2 aromatic carbocycles. The van der Waals surface area contributed by atoms with E-state index in [1.807, 2.05) is 31.2 Å². The van der Waals surface area contributed by atoms with Crippen molar-refractivity contribution in [1.29, 1.82) is 0 Å². The number of hydrogen-bond donors (Lipinski definition) is 0. The van der Waals surface area contributed by atoms with E-state index in [4.69, 9.17) is 21.1 Å². The van der Waals surface area contributed by atoms with Crippen LogP contribution in [-0.2, 0) is 16.0 Å². The van der Waals surface area contributed by atoms with Crippen LogP contribution in [0.3, 0.4) is 0 Å². The van der Waals surface area contributed by atoms with Crippen LogP contribution in [0.4, 0.5) is 0 Å². The van der Waals surface area contributed by atoms with Gasteiger partial charge in [0, 0.05) is 6.54 Å². The van der Waals surface area contributed by atoms with Crippen molar-refractivity contribution in [2.24, 2.45) is 0 Å². The van der Waals surface area contributed by atoms with Gasteiger partial charge in [-0.1, -0.05) is 47.5 Å². The fourth-order valence-corrected chi connectivity index (χ4v) is 3.29. The van der Waals surface area contributed by atoms with Crippen molar-refractivity contribution in [2.75, 3.05) is 20.8 Å². The van der Waals surface area contributed by atoms with Gasteiger partial charge in [0.15, 0.2) is 11.5 Å². The Morgan fingerprint density at radius 3 is 2.22 bits per heavy atom. The lowest BCUT2D eigenvalue weighted by atomic mass is 10.0. The molecule has 0 N–H and O–H groups in total. The molecule has 0 spiro atoms. The Kier molecular flexibility index (Phi) is 5.51. The lowest BCUT2D eigenvalue weighted by molar-refractivity contribution is -0.136. The highest BCUT2D eigenvalue weighted by molar-refractivity contribution is 6.55. The zero-order valence-electron chi connectivity index (χ0n) is 15.4. The van der Waals surface area contributed by atoms with Crippen LogP contribution in [0.25, 0.3) is 5.57 Å². The number of aryl methyl sites for hydroxylation is 1. The third-order valence-corrected chi connectivity index (χ3v) is 4.87. The maximum absolute atomic E-state index is 12.8. The number of imide groups is 1. The summed E-state index contributed by atoms with van der Waals surface area (Å²) in [6.07, 6.45) is 0.489. The molecule has 3 rings (SSSR count). The van der Waals surface area contributed by atoms with Crippen molar-refractivity contribution < 1.29 is 19.1 Å². The van der Waals surface area contributed by atoms with Crippen LogP contribution in [-0.4, -0.2) is 37.5 Å². The molecular weight excluding hydrogens is 366 g/mol. The highest BCUT2D eigenvalue weighted by atomic mass is 35.5. The topological polar surface area (TPSA) is 55.8 Å². The highest BCUT2D eigenvalue weighted by Gasteiger charge is 2.37. The second-order valence-corrected chi connectivity index (χ2v) is 6.63. The van der Waals surface area contributed by atoms with E-state index >= 15 is 0 Å². The largest absolute Gasteiger partial charge is 0.493 e. The van der Waals surface area contributed by atoms with Gasteiger partial charge < -0.3 is 9.47 Å². The molecule has 0 atom stereocenters. The highest BCUT2D eigenvalue weighted by Crippen LogP contribution is 2.32. The number of methoxy groups -OCH3 is 2. The van der Waals surface area contributed by atoms with Crippen molar-refractivity contribution in [3.63, 3.8) is 0 Å². The summed E-state index contributed by atoms with van der Waals surface area (Å²) in [5.41, 5.74) is 2.90. The second-order valence-electron chi connectivity index (χ2n) is 6.26. The molecular formula is C21H20ClNO4. The van der Waals surface area contributed by atoms with Gasteiger partial charge >= 0.3 is 0 Å². The summed E-state index contributed by atoms with van der Waals surface area (Å²) in [5.74, 6) is 0.401. The number of ether oxygens (including phenoxy) is 2. The number of nitrogens with zero attached hydrogens (tertiary/aromatic N) is 1. The van der Waals surface area contributed by atoms with Gasteiger partial charge in [0.05, 0.1) is 19.8 Å². The van der Waals surface area contributed by atoms with E-state index in [1.54, 1.807) is 32.4 Å². The van der Waals surface area contributed by atoms with Crippen LogP contribution in [0.15, 0.2) is 47.5 Å². The normalized spacial score (nSPS) is 14.1. The molecule has 6 heteroatoms. The minimum atomic E-state index is -0.460. The summed E-state index contributed by atoms with van der Waals surface area (Å²) in [5, 5.41) is -0.0313. The predicted octanol–water partition coefficient (Wildman–Crippen LogP) is 3.57. The molecule has 0 saturated carbocycles. The van der Waals surface area contributed by atoms with Gasteiger partial charge in [0.2, 0.25) is 0 Å². The Hall–Kier alpha value is -2.79. The van der Waals surface area contributed by atoms with Gasteiger partial charge in [-0.2, -0.15) is 0 Å². The van der Waals surface area contributed by atoms with Crippen molar-refractivity contribution in [3.05, 3.63) is 64.2 Å². The summed E-state index contributed by atoms with van der Waals surface area (Å²) in [4.78, 5) is 26.4. The minimum Gasteiger partial charge on any atom is -0.493 e. The molecule has 1 aliphatic rings. The van der Waals surface area contributed by atoms with E-state index in [0.29, 0.717) is 23.5 Å². The number of halogens is 1. The number of benzene rings is 2. The Morgan fingerprint density at radius 2 is 1.59 bits per heavy atom. The first-order valence-corrected chi connectivity index (χ1v) is 8.88. The molecule has 140 valence electrons. The second kappa shape index (κ2) is 7.84. The molecule has 0 saturated heterocycles. The Balaban J connectivity index is 1.77. The van der Waals surface area contributed by atoms with E-state index in [1.165, 1.54) is 4.90 Å². The summed E-state index contributed by atoms with van der Waals surface area (Å²) < 4.78 is 10.5. The molecule has 0 aliphatic carbocycles. The van der Waals surface area contributed by atoms with Crippen molar-refractivity contribution in [2.45, 2.75) is 13.3 Å². The third-order valence-electron chi connectivity index (χ3n) is 4.52. The molecule has 2 aromatic rings.